The summed E-state index contributed by atoms with van der Waals surface area (Å²) >= 11 is 0. The van der Waals surface area contributed by atoms with Crippen molar-refractivity contribution in [3.63, 3.8) is 0 Å². The lowest BCUT2D eigenvalue weighted by Gasteiger charge is -2.72. The third kappa shape index (κ3) is 3.70. The predicted molar refractivity (Wildman–Crippen MR) is 139 cm³/mol. The van der Waals surface area contributed by atoms with Crippen LogP contribution in [0.5, 0.6) is 0 Å². The number of hydrogen-bond donors (Lipinski definition) is 2. The molecule has 4 saturated carbocycles. The van der Waals surface area contributed by atoms with Crippen molar-refractivity contribution in [2.24, 2.45) is 69.5 Å². The lowest BCUT2D eigenvalue weighted by Crippen LogP contribution is -2.69. The molecule has 2 N–H and O–H groups in total. The summed E-state index contributed by atoms with van der Waals surface area (Å²) in [5.41, 5.74) is 0.368. The van der Waals surface area contributed by atoms with Gasteiger partial charge in [-0.2, -0.15) is 0 Å². The minimum atomic E-state index is -0.442. The molecule has 0 aromatic carbocycles. The number of fused-ring (bicyclic) bond motifs is 3. The highest BCUT2D eigenvalue weighted by molar-refractivity contribution is 5.18. The van der Waals surface area contributed by atoms with Crippen molar-refractivity contribution in [3.8, 4) is 0 Å². The van der Waals surface area contributed by atoms with Gasteiger partial charge in [0.2, 0.25) is 0 Å². The van der Waals surface area contributed by atoms with Gasteiger partial charge in [0.25, 0.3) is 0 Å². The Hall–Kier alpha value is -0.0800. The molecule has 33 heavy (non-hydrogen) atoms. The molecule has 4 rings (SSSR count). The Morgan fingerprint density at radius 2 is 1.64 bits per heavy atom. The van der Waals surface area contributed by atoms with E-state index in [9.17, 15) is 10.2 Å². The van der Waals surface area contributed by atoms with Crippen LogP contribution in [0.4, 0.5) is 0 Å². The van der Waals surface area contributed by atoms with Gasteiger partial charge in [0.1, 0.15) is 0 Å². The van der Waals surface area contributed by atoms with Crippen LogP contribution in [0.3, 0.4) is 0 Å². The first-order valence-electron chi connectivity index (χ1n) is 14.7. The molecule has 2 heteroatoms. The van der Waals surface area contributed by atoms with Gasteiger partial charge in [-0.1, -0.05) is 81.1 Å². The normalized spacial score (nSPS) is 57.5. The van der Waals surface area contributed by atoms with Crippen LogP contribution in [0.1, 0.15) is 114 Å². The maximum Gasteiger partial charge on any atom is 0.0656 e. The van der Waals surface area contributed by atoms with Gasteiger partial charge < -0.3 is 10.2 Å². The van der Waals surface area contributed by atoms with E-state index in [0.29, 0.717) is 23.2 Å². The fraction of sp³-hybridized carbons (Fsp3) is 1.00. The van der Waals surface area contributed by atoms with Crippen LogP contribution < -0.4 is 0 Å². The van der Waals surface area contributed by atoms with Crippen molar-refractivity contribution < 1.29 is 10.2 Å². The first-order chi connectivity index (χ1) is 15.3. The molecular weight excluding hydrogens is 404 g/mol. The summed E-state index contributed by atoms with van der Waals surface area (Å²) in [6.07, 6.45) is 9.96. The molecule has 14 atom stereocenters. The molecule has 0 bridgehead atoms. The van der Waals surface area contributed by atoms with Crippen LogP contribution in [0.2, 0.25) is 0 Å². The van der Waals surface area contributed by atoms with E-state index in [1.807, 2.05) is 6.92 Å². The molecule has 0 heterocycles. The van der Waals surface area contributed by atoms with E-state index in [1.165, 1.54) is 44.9 Å². The zero-order valence-corrected chi connectivity index (χ0v) is 23.4. The van der Waals surface area contributed by atoms with Crippen LogP contribution in [-0.4, -0.2) is 22.4 Å². The van der Waals surface area contributed by atoms with Gasteiger partial charge in [-0.05, 0) is 90.8 Å². The molecule has 0 amide bonds. The van der Waals surface area contributed by atoms with Gasteiger partial charge in [0, 0.05) is 11.3 Å². The largest absolute Gasteiger partial charge is 0.393 e. The Kier molecular flexibility index (Phi) is 6.92. The highest BCUT2D eigenvalue weighted by Gasteiger charge is 2.69. The molecule has 0 aliphatic heterocycles. The Balaban J connectivity index is 1.74. The first-order valence-corrected chi connectivity index (χ1v) is 14.7. The SMILES string of the molecule is CCCCC1CCC(C)C2C(C)C3C(C)C4(C)C(O)C(C(C)O)C(C)CC4(C)CC3(C)CC12. The minimum absolute atomic E-state index is 0.00597. The van der Waals surface area contributed by atoms with Crippen LogP contribution in [0, 0.1) is 69.5 Å². The predicted octanol–water partition coefficient (Wildman–Crippen LogP) is 7.57. The molecule has 4 aliphatic rings. The van der Waals surface area contributed by atoms with Crippen molar-refractivity contribution in [2.75, 3.05) is 0 Å². The molecule has 192 valence electrons. The molecule has 0 saturated heterocycles. The zero-order chi connectivity index (χ0) is 24.5. The lowest BCUT2D eigenvalue weighted by atomic mass is 9.33. The Bertz CT molecular complexity index is 701. The van der Waals surface area contributed by atoms with Crippen LogP contribution >= 0.6 is 0 Å². The minimum Gasteiger partial charge on any atom is -0.393 e. The van der Waals surface area contributed by atoms with Gasteiger partial charge in [-0.15, -0.1) is 0 Å². The number of unbranched alkanes of at least 4 members (excludes halogenated alkanes) is 1. The third-order valence-electron chi connectivity index (χ3n) is 12.9. The molecule has 14 unspecified atom stereocenters. The molecule has 4 aliphatic carbocycles. The van der Waals surface area contributed by atoms with E-state index in [0.717, 1.165) is 36.0 Å². The quantitative estimate of drug-likeness (QED) is 0.454. The molecule has 4 fully saturated rings. The zero-order valence-electron chi connectivity index (χ0n) is 23.4. The fourth-order valence-corrected chi connectivity index (χ4v) is 11.7. The van der Waals surface area contributed by atoms with Crippen molar-refractivity contribution in [3.05, 3.63) is 0 Å². The van der Waals surface area contributed by atoms with E-state index >= 15 is 0 Å². The van der Waals surface area contributed by atoms with Crippen molar-refractivity contribution in [1.82, 2.24) is 0 Å². The van der Waals surface area contributed by atoms with E-state index in [2.05, 4.69) is 55.4 Å². The number of aliphatic hydroxyl groups is 2. The van der Waals surface area contributed by atoms with Gasteiger partial charge in [0.15, 0.2) is 0 Å². The smallest absolute Gasteiger partial charge is 0.0656 e. The maximum absolute atomic E-state index is 11.9. The summed E-state index contributed by atoms with van der Waals surface area (Å²) in [7, 11) is 0. The average molecular weight is 461 g/mol. The van der Waals surface area contributed by atoms with E-state index < -0.39 is 12.2 Å². The van der Waals surface area contributed by atoms with Crippen LogP contribution in [-0.2, 0) is 0 Å². The van der Waals surface area contributed by atoms with E-state index in [-0.39, 0.29) is 16.7 Å². The van der Waals surface area contributed by atoms with Gasteiger partial charge >= 0.3 is 0 Å². The standard InChI is InChI=1S/C31H56O2/c1-10-11-12-23-14-13-18(2)25-20(4)27-21(5)31(9)28(33)26(22(6)32)19(3)15-30(31,8)17-29(27,7)16-24(23)25/h18-28,32-33H,10-17H2,1-9H3. The van der Waals surface area contributed by atoms with Crippen LogP contribution in [0.25, 0.3) is 0 Å². The molecule has 0 aromatic heterocycles. The number of rotatable bonds is 4. The molecular formula is C31H56O2. The van der Waals surface area contributed by atoms with Crippen LogP contribution in [0.15, 0.2) is 0 Å². The van der Waals surface area contributed by atoms with E-state index in [4.69, 9.17) is 0 Å². The maximum atomic E-state index is 11.9. The Morgan fingerprint density at radius 1 is 0.970 bits per heavy atom. The van der Waals surface area contributed by atoms with Crippen molar-refractivity contribution in [1.29, 1.82) is 0 Å². The summed E-state index contributed by atoms with van der Waals surface area (Å²) < 4.78 is 0. The van der Waals surface area contributed by atoms with Crippen molar-refractivity contribution in [2.45, 2.75) is 126 Å². The molecule has 0 spiro atoms. The Morgan fingerprint density at radius 3 is 2.24 bits per heavy atom. The second-order valence-corrected chi connectivity index (χ2v) is 14.7. The second-order valence-electron chi connectivity index (χ2n) is 14.7. The summed E-state index contributed by atoms with van der Waals surface area (Å²) in [4.78, 5) is 0. The molecule has 0 radical (unpaired) electrons. The molecule has 2 nitrogen and oxygen atoms in total. The highest BCUT2D eigenvalue weighted by atomic mass is 16.3. The first kappa shape index (κ1) is 26.0. The summed E-state index contributed by atoms with van der Waals surface area (Å²) in [5.74, 6) is 5.74. The summed E-state index contributed by atoms with van der Waals surface area (Å²) in [6.45, 7) is 21.8. The Labute approximate surface area is 205 Å². The van der Waals surface area contributed by atoms with Gasteiger partial charge in [-0.25, -0.2) is 0 Å². The highest BCUT2D eigenvalue weighted by Crippen LogP contribution is 2.73. The average Bonchev–Trinajstić information content (AvgIpc) is 2.69. The number of aliphatic hydroxyl groups excluding tert-OH is 2. The van der Waals surface area contributed by atoms with Gasteiger partial charge in [0.05, 0.1) is 12.2 Å². The lowest BCUT2D eigenvalue weighted by molar-refractivity contribution is -0.269. The number of hydrogen-bond acceptors (Lipinski definition) is 2. The molecule has 0 aromatic rings. The topological polar surface area (TPSA) is 40.5 Å². The third-order valence-corrected chi connectivity index (χ3v) is 12.9. The monoisotopic (exact) mass is 460 g/mol. The summed E-state index contributed by atoms with van der Waals surface area (Å²) in [6, 6.07) is 0. The van der Waals surface area contributed by atoms with Crippen molar-refractivity contribution >= 4 is 0 Å². The second kappa shape index (κ2) is 8.79. The van der Waals surface area contributed by atoms with Gasteiger partial charge in [-0.3, -0.25) is 0 Å². The van der Waals surface area contributed by atoms with E-state index in [1.54, 1.807) is 0 Å². The summed E-state index contributed by atoms with van der Waals surface area (Å²) in [5, 5.41) is 22.6. The fourth-order valence-electron chi connectivity index (χ4n) is 11.7.